The van der Waals surface area contributed by atoms with Gasteiger partial charge in [-0.25, -0.2) is 13.1 Å². The molecule has 3 N–H and O–H groups in total. The molecule has 0 aromatic rings. The van der Waals surface area contributed by atoms with Gasteiger partial charge in [-0.3, -0.25) is 4.79 Å². The van der Waals surface area contributed by atoms with Gasteiger partial charge < -0.3 is 10.6 Å². The van der Waals surface area contributed by atoms with Crippen LogP contribution in [0.1, 0.15) is 32.1 Å². The summed E-state index contributed by atoms with van der Waals surface area (Å²) in [6, 6.07) is 0.489. The molecule has 6 nitrogen and oxygen atoms in total. The van der Waals surface area contributed by atoms with Crippen LogP contribution in [0.2, 0.25) is 0 Å². The highest BCUT2D eigenvalue weighted by atomic mass is 32.2. The minimum absolute atomic E-state index is 0.0266. The first-order valence-corrected chi connectivity index (χ1v) is 8.31. The van der Waals surface area contributed by atoms with E-state index >= 15 is 0 Å². The fourth-order valence-corrected chi connectivity index (χ4v) is 2.52. The van der Waals surface area contributed by atoms with Crippen LogP contribution in [0.5, 0.6) is 0 Å². The van der Waals surface area contributed by atoms with Crippen molar-refractivity contribution >= 4 is 15.9 Å². The first kappa shape index (κ1) is 15.4. The van der Waals surface area contributed by atoms with Crippen molar-refractivity contribution in [3.05, 3.63) is 0 Å². The van der Waals surface area contributed by atoms with E-state index < -0.39 is 10.0 Å². The highest BCUT2D eigenvalue weighted by molar-refractivity contribution is 7.88. The number of amides is 1. The fourth-order valence-electron chi connectivity index (χ4n) is 2.00. The SMILES string of the molecule is CS(=O)(=O)NCCCNC(=O)CNC1CCCC1. The van der Waals surface area contributed by atoms with E-state index in [0.29, 0.717) is 32.1 Å². The molecular weight excluding hydrogens is 254 g/mol. The zero-order valence-electron chi connectivity index (χ0n) is 10.9. The molecule has 0 bridgehead atoms. The van der Waals surface area contributed by atoms with E-state index in [2.05, 4.69) is 15.4 Å². The maximum Gasteiger partial charge on any atom is 0.233 e. The topological polar surface area (TPSA) is 87.3 Å². The minimum atomic E-state index is -3.12. The lowest BCUT2D eigenvalue weighted by molar-refractivity contribution is -0.120. The van der Waals surface area contributed by atoms with Crippen LogP contribution in [0, 0.1) is 0 Å². The number of carbonyl (C=O) groups excluding carboxylic acids is 1. The molecule has 1 saturated carbocycles. The van der Waals surface area contributed by atoms with Gasteiger partial charge in [0.15, 0.2) is 0 Å². The van der Waals surface area contributed by atoms with Gasteiger partial charge in [-0.2, -0.15) is 0 Å². The summed E-state index contributed by atoms with van der Waals surface area (Å²) in [5, 5.41) is 5.98. The van der Waals surface area contributed by atoms with E-state index in [0.717, 1.165) is 19.1 Å². The third-order valence-corrected chi connectivity index (χ3v) is 3.67. The molecule has 1 amide bonds. The van der Waals surface area contributed by atoms with E-state index in [9.17, 15) is 13.2 Å². The van der Waals surface area contributed by atoms with Gasteiger partial charge in [0.25, 0.3) is 0 Å². The molecule has 0 radical (unpaired) electrons. The molecule has 0 aromatic carbocycles. The van der Waals surface area contributed by atoms with Crippen LogP contribution in [-0.4, -0.2) is 46.3 Å². The Morgan fingerprint density at radius 3 is 2.50 bits per heavy atom. The van der Waals surface area contributed by atoms with E-state index in [4.69, 9.17) is 0 Å². The Kier molecular flexibility index (Phi) is 6.59. The van der Waals surface area contributed by atoms with Gasteiger partial charge in [-0.05, 0) is 19.3 Å². The molecule has 0 aromatic heterocycles. The molecule has 1 rings (SSSR count). The summed E-state index contributed by atoms with van der Waals surface area (Å²) in [5.74, 6) is -0.0266. The Bertz CT molecular complexity index is 351. The summed E-state index contributed by atoms with van der Waals surface area (Å²) in [5.41, 5.74) is 0. The molecule has 1 aliphatic rings. The van der Waals surface area contributed by atoms with Crippen LogP contribution < -0.4 is 15.4 Å². The van der Waals surface area contributed by atoms with E-state index in [1.807, 2.05) is 0 Å². The minimum Gasteiger partial charge on any atom is -0.355 e. The first-order valence-electron chi connectivity index (χ1n) is 6.42. The summed E-state index contributed by atoms with van der Waals surface area (Å²) < 4.78 is 23.9. The number of sulfonamides is 1. The molecular formula is C11H23N3O3S. The van der Waals surface area contributed by atoms with Gasteiger partial charge in [0, 0.05) is 19.1 Å². The van der Waals surface area contributed by atoms with Crippen LogP contribution in [0.25, 0.3) is 0 Å². The quantitative estimate of drug-likeness (QED) is 0.526. The molecule has 1 aliphatic carbocycles. The highest BCUT2D eigenvalue weighted by Crippen LogP contribution is 2.17. The lowest BCUT2D eigenvalue weighted by atomic mass is 10.2. The predicted octanol–water partition coefficient (Wildman–Crippen LogP) is -0.426. The van der Waals surface area contributed by atoms with E-state index in [-0.39, 0.29) is 5.91 Å². The Hall–Kier alpha value is -0.660. The van der Waals surface area contributed by atoms with Crippen LogP contribution >= 0.6 is 0 Å². The Morgan fingerprint density at radius 2 is 1.89 bits per heavy atom. The zero-order chi connectivity index (χ0) is 13.4. The summed E-state index contributed by atoms with van der Waals surface area (Å²) in [6.45, 7) is 1.20. The highest BCUT2D eigenvalue weighted by Gasteiger charge is 2.14. The molecule has 0 aliphatic heterocycles. The second-order valence-corrected chi connectivity index (χ2v) is 6.57. The molecule has 0 heterocycles. The lowest BCUT2D eigenvalue weighted by Crippen LogP contribution is -2.39. The number of hydrogen-bond acceptors (Lipinski definition) is 4. The van der Waals surface area contributed by atoms with Crippen molar-refractivity contribution in [3.63, 3.8) is 0 Å². The molecule has 7 heteroatoms. The van der Waals surface area contributed by atoms with Crippen molar-refractivity contribution in [3.8, 4) is 0 Å². The normalized spacial score (nSPS) is 16.9. The van der Waals surface area contributed by atoms with Gasteiger partial charge >= 0.3 is 0 Å². The van der Waals surface area contributed by atoms with Crippen molar-refractivity contribution < 1.29 is 13.2 Å². The van der Waals surface area contributed by atoms with Crippen molar-refractivity contribution in [1.29, 1.82) is 0 Å². The second-order valence-electron chi connectivity index (χ2n) is 4.73. The largest absolute Gasteiger partial charge is 0.355 e. The monoisotopic (exact) mass is 277 g/mol. The maximum atomic E-state index is 11.4. The van der Waals surface area contributed by atoms with Crippen molar-refractivity contribution in [1.82, 2.24) is 15.4 Å². The van der Waals surface area contributed by atoms with Crippen molar-refractivity contribution in [2.45, 2.75) is 38.1 Å². The Labute approximate surface area is 109 Å². The van der Waals surface area contributed by atoms with Crippen LogP contribution in [-0.2, 0) is 14.8 Å². The summed E-state index contributed by atoms with van der Waals surface area (Å²) >= 11 is 0. The zero-order valence-corrected chi connectivity index (χ0v) is 11.7. The maximum absolute atomic E-state index is 11.4. The average molecular weight is 277 g/mol. The van der Waals surface area contributed by atoms with Crippen LogP contribution in [0.3, 0.4) is 0 Å². The lowest BCUT2D eigenvalue weighted by Gasteiger charge is -2.11. The molecule has 18 heavy (non-hydrogen) atoms. The fraction of sp³-hybridized carbons (Fsp3) is 0.909. The summed E-state index contributed by atoms with van der Waals surface area (Å²) in [4.78, 5) is 11.4. The second kappa shape index (κ2) is 7.70. The van der Waals surface area contributed by atoms with E-state index in [1.165, 1.54) is 12.8 Å². The molecule has 1 fully saturated rings. The van der Waals surface area contributed by atoms with Crippen LogP contribution in [0.4, 0.5) is 0 Å². The number of nitrogens with one attached hydrogen (secondary N) is 3. The third kappa shape index (κ3) is 7.62. The smallest absolute Gasteiger partial charge is 0.233 e. The third-order valence-electron chi connectivity index (χ3n) is 2.95. The number of carbonyl (C=O) groups is 1. The van der Waals surface area contributed by atoms with Gasteiger partial charge in [0.1, 0.15) is 0 Å². The summed E-state index contributed by atoms with van der Waals surface area (Å²) in [6.07, 6.45) is 6.53. The predicted molar refractivity (Wildman–Crippen MR) is 70.7 cm³/mol. The first-order chi connectivity index (χ1) is 8.47. The van der Waals surface area contributed by atoms with Crippen molar-refractivity contribution in [2.75, 3.05) is 25.9 Å². The molecule has 0 saturated heterocycles. The number of rotatable bonds is 8. The molecule has 106 valence electrons. The van der Waals surface area contributed by atoms with Gasteiger partial charge in [-0.1, -0.05) is 12.8 Å². The molecule has 0 unspecified atom stereocenters. The molecule has 0 spiro atoms. The van der Waals surface area contributed by atoms with Crippen LogP contribution in [0.15, 0.2) is 0 Å². The van der Waals surface area contributed by atoms with E-state index in [1.54, 1.807) is 0 Å². The Balaban J connectivity index is 1.96. The Morgan fingerprint density at radius 1 is 1.22 bits per heavy atom. The van der Waals surface area contributed by atoms with Gasteiger partial charge in [0.05, 0.1) is 12.8 Å². The standard InChI is InChI=1S/C11H23N3O3S/c1-18(16,17)14-8-4-7-12-11(15)9-13-10-5-2-3-6-10/h10,13-14H,2-9H2,1H3,(H,12,15). The van der Waals surface area contributed by atoms with Gasteiger partial charge in [0.2, 0.25) is 15.9 Å². The average Bonchev–Trinajstić information content (AvgIpc) is 2.77. The summed E-state index contributed by atoms with van der Waals surface area (Å²) in [7, 11) is -3.12. The van der Waals surface area contributed by atoms with Crippen molar-refractivity contribution in [2.24, 2.45) is 0 Å². The number of hydrogen-bond donors (Lipinski definition) is 3. The van der Waals surface area contributed by atoms with Gasteiger partial charge in [-0.15, -0.1) is 0 Å². The molecule has 0 atom stereocenters.